The van der Waals surface area contributed by atoms with E-state index in [4.69, 9.17) is 0 Å². The first-order chi connectivity index (χ1) is 6.25. The van der Waals surface area contributed by atoms with Crippen LogP contribution < -0.4 is 5.32 Å². The molecule has 1 N–H and O–H groups in total. The van der Waals surface area contributed by atoms with Crippen LogP contribution in [0.5, 0.6) is 0 Å². The fraction of sp³-hybridized carbons (Fsp3) is 0.727. The lowest BCUT2D eigenvalue weighted by atomic mass is 9.86. The highest BCUT2D eigenvalue weighted by Crippen LogP contribution is 2.20. The molecule has 0 amide bonds. The van der Waals surface area contributed by atoms with E-state index < -0.39 is 0 Å². The van der Waals surface area contributed by atoms with Crippen LogP contribution in [-0.2, 0) is 4.79 Å². The van der Waals surface area contributed by atoms with Gasteiger partial charge in [-0.1, -0.05) is 12.2 Å². The lowest BCUT2D eigenvalue weighted by Gasteiger charge is -2.25. The molecule has 0 bridgehead atoms. The monoisotopic (exact) mass is 181 g/mol. The quantitative estimate of drug-likeness (QED) is 0.659. The SMILES string of the molecule is CN[C@@H]1CC/C=C\CCC1C(C)=O. The molecule has 0 saturated carbocycles. The molecule has 1 rings (SSSR count). The van der Waals surface area contributed by atoms with Crippen molar-refractivity contribution in [3.63, 3.8) is 0 Å². The van der Waals surface area contributed by atoms with E-state index in [0.29, 0.717) is 11.8 Å². The largest absolute Gasteiger partial charge is 0.316 e. The smallest absolute Gasteiger partial charge is 0.134 e. The summed E-state index contributed by atoms with van der Waals surface area (Å²) in [6.07, 6.45) is 8.63. The molecule has 1 unspecified atom stereocenters. The third-order valence-electron chi connectivity index (χ3n) is 2.83. The fourth-order valence-electron chi connectivity index (χ4n) is 2.02. The molecule has 1 aliphatic carbocycles. The molecule has 0 aromatic rings. The Morgan fingerprint density at radius 1 is 1.31 bits per heavy atom. The van der Waals surface area contributed by atoms with Gasteiger partial charge in [-0.15, -0.1) is 0 Å². The zero-order chi connectivity index (χ0) is 9.68. The molecule has 0 radical (unpaired) electrons. The van der Waals surface area contributed by atoms with E-state index in [2.05, 4.69) is 17.5 Å². The van der Waals surface area contributed by atoms with Crippen molar-refractivity contribution in [2.24, 2.45) is 5.92 Å². The highest BCUT2D eigenvalue weighted by Gasteiger charge is 2.23. The zero-order valence-electron chi connectivity index (χ0n) is 8.55. The number of rotatable bonds is 2. The minimum atomic E-state index is 0.218. The van der Waals surface area contributed by atoms with Crippen molar-refractivity contribution >= 4 is 5.78 Å². The number of Topliss-reactive ketones (excluding diaryl/α,β-unsaturated/α-hetero) is 1. The Labute approximate surface area is 80.4 Å². The van der Waals surface area contributed by atoms with Crippen molar-refractivity contribution < 1.29 is 4.79 Å². The summed E-state index contributed by atoms with van der Waals surface area (Å²) >= 11 is 0. The number of ketones is 1. The van der Waals surface area contributed by atoms with Gasteiger partial charge in [0.1, 0.15) is 5.78 Å². The van der Waals surface area contributed by atoms with Crippen molar-refractivity contribution in [2.75, 3.05) is 7.05 Å². The summed E-state index contributed by atoms with van der Waals surface area (Å²) in [6.45, 7) is 1.71. The van der Waals surface area contributed by atoms with Gasteiger partial charge in [-0.05, 0) is 39.7 Å². The Bertz CT molecular complexity index is 198. The second-order valence-corrected chi connectivity index (χ2v) is 3.74. The molecule has 0 fully saturated rings. The van der Waals surface area contributed by atoms with Crippen molar-refractivity contribution in [3.05, 3.63) is 12.2 Å². The second kappa shape index (κ2) is 5.18. The molecule has 0 aliphatic heterocycles. The van der Waals surface area contributed by atoms with E-state index in [-0.39, 0.29) is 5.92 Å². The van der Waals surface area contributed by atoms with Crippen LogP contribution in [0.1, 0.15) is 32.6 Å². The van der Waals surface area contributed by atoms with Gasteiger partial charge in [0.05, 0.1) is 0 Å². The van der Waals surface area contributed by atoms with E-state index in [1.54, 1.807) is 6.92 Å². The molecule has 2 heteroatoms. The van der Waals surface area contributed by atoms with Crippen LogP contribution in [0.15, 0.2) is 12.2 Å². The van der Waals surface area contributed by atoms with Crippen LogP contribution in [0.3, 0.4) is 0 Å². The van der Waals surface area contributed by atoms with Crippen molar-refractivity contribution in [1.29, 1.82) is 0 Å². The lowest BCUT2D eigenvalue weighted by molar-refractivity contribution is -0.121. The van der Waals surface area contributed by atoms with Crippen LogP contribution in [0.2, 0.25) is 0 Å². The van der Waals surface area contributed by atoms with Crippen molar-refractivity contribution in [2.45, 2.75) is 38.6 Å². The molecule has 13 heavy (non-hydrogen) atoms. The second-order valence-electron chi connectivity index (χ2n) is 3.74. The Morgan fingerprint density at radius 2 is 1.92 bits per heavy atom. The van der Waals surface area contributed by atoms with Gasteiger partial charge in [-0.3, -0.25) is 4.79 Å². The third-order valence-corrected chi connectivity index (χ3v) is 2.83. The van der Waals surface area contributed by atoms with Gasteiger partial charge < -0.3 is 5.32 Å². The molecule has 1 aliphatic rings. The maximum Gasteiger partial charge on any atom is 0.134 e. The first-order valence-electron chi connectivity index (χ1n) is 5.08. The predicted molar refractivity (Wildman–Crippen MR) is 54.6 cm³/mol. The van der Waals surface area contributed by atoms with Crippen LogP contribution in [0.4, 0.5) is 0 Å². The van der Waals surface area contributed by atoms with Crippen molar-refractivity contribution in [3.8, 4) is 0 Å². The standard InChI is InChI=1S/C11H19NO/c1-9(13)10-7-5-3-4-6-8-11(10)12-2/h3-4,10-12H,5-8H2,1-2H3/b4-3-/t10?,11-/m1/s1. The normalized spacial score (nSPS) is 31.8. The number of hydrogen-bond donors (Lipinski definition) is 1. The zero-order valence-corrected chi connectivity index (χ0v) is 8.55. The minimum absolute atomic E-state index is 0.218. The van der Waals surface area contributed by atoms with Crippen molar-refractivity contribution in [1.82, 2.24) is 5.32 Å². The first-order valence-corrected chi connectivity index (χ1v) is 5.08. The summed E-state index contributed by atoms with van der Waals surface area (Å²) in [5.74, 6) is 0.546. The summed E-state index contributed by atoms with van der Waals surface area (Å²) < 4.78 is 0. The number of hydrogen-bond acceptors (Lipinski definition) is 2. The molecule has 74 valence electrons. The summed E-state index contributed by atoms with van der Waals surface area (Å²) in [4.78, 5) is 11.4. The summed E-state index contributed by atoms with van der Waals surface area (Å²) in [7, 11) is 1.95. The Balaban J connectivity index is 2.63. The van der Waals surface area contributed by atoms with E-state index in [1.807, 2.05) is 7.05 Å². The van der Waals surface area contributed by atoms with Gasteiger partial charge in [0.2, 0.25) is 0 Å². The highest BCUT2D eigenvalue weighted by atomic mass is 16.1. The van der Waals surface area contributed by atoms with Gasteiger partial charge in [0.25, 0.3) is 0 Å². The van der Waals surface area contributed by atoms with Gasteiger partial charge >= 0.3 is 0 Å². The lowest BCUT2D eigenvalue weighted by Crippen LogP contribution is -2.37. The molecular weight excluding hydrogens is 162 g/mol. The molecule has 0 heterocycles. The molecule has 2 atom stereocenters. The van der Waals surface area contributed by atoms with Crippen LogP contribution in [0.25, 0.3) is 0 Å². The molecule has 0 aromatic carbocycles. The maximum atomic E-state index is 11.4. The summed E-state index contributed by atoms with van der Waals surface area (Å²) in [6, 6.07) is 0.377. The number of nitrogens with one attached hydrogen (secondary N) is 1. The van der Waals surface area contributed by atoms with Crippen LogP contribution in [0, 0.1) is 5.92 Å². The fourth-order valence-corrected chi connectivity index (χ4v) is 2.02. The average Bonchev–Trinajstić information content (AvgIpc) is 2.03. The van der Waals surface area contributed by atoms with Gasteiger partial charge in [0, 0.05) is 12.0 Å². The number of allylic oxidation sites excluding steroid dienone is 2. The number of carbonyl (C=O) groups is 1. The molecule has 0 spiro atoms. The van der Waals surface area contributed by atoms with E-state index in [0.717, 1.165) is 25.7 Å². The van der Waals surface area contributed by atoms with E-state index >= 15 is 0 Å². The molecule has 2 nitrogen and oxygen atoms in total. The maximum absolute atomic E-state index is 11.4. The van der Waals surface area contributed by atoms with Gasteiger partial charge in [-0.2, -0.15) is 0 Å². The average molecular weight is 181 g/mol. The highest BCUT2D eigenvalue weighted by molar-refractivity contribution is 5.79. The Hall–Kier alpha value is -0.630. The van der Waals surface area contributed by atoms with Crippen LogP contribution >= 0.6 is 0 Å². The Kier molecular flexibility index (Phi) is 4.16. The topological polar surface area (TPSA) is 29.1 Å². The molecule has 0 aromatic heterocycles. The van der Waals surface area contributed by atoms with Gasteiger partial charge in [-0.25, -0.2) is 0 Å². The summed E-state index contributed by atoms with van der Waals surface area (Å²) in [5.41, 5.74) is 0. The molecular formula is C11H19NO. The third kappa shape index (κ3) is 2.96. The summed E-state index contributed by atoms with van der Waals surface area (Å²) in [5, 5.41) is 3.25. The van der Waals surface area contributed by atoms with Gasteiger partial charge in [0.15, 0.2) is 0 Å². The van der Waals surface area contributed by atoms with E-state index in [9.17, 15) is 4.79 Å². The minimum Gasteiger partial charge on any atom is -0.316 e. The number of carbonyl (C=O) groups excluding carboxylic acids is 1. The Morgan fingerprint density at radius 3 is 2.46 bits per heavy atom. The first kappa shape index (κ1) is 10.5. The predicted octanol–water partition coefficient (Wildman–Crippen LogP) is 1.91. The molecule has 0 saturated heterocycles. The van der Waals surface area contributed by atoms with Crippen LogP contribution in [-0.4, -0.2) is 18.9 Å². The van der Waals surface area contributed by atoms with E-state index in [1.165, 1.54) is 0 Å².